The standard InChI is InChI=1S/C11H15FO/c1-2-11(12)9-13-8-10-6-4-3-5-7-10/h3-7,11H,2,8-9H2,1H3. The molecule has 1 aromatic carbocycles. The lowest BCUT2D eigenvalue weighted by molar-refractivity contribution is 0.0683. The summed E-state index contributed by atoms with van der Waals surface area (Å²) >= 11 is 0. The van der Waals surface area contributed by atoms with Gasteiger partial charge < -0.3 is 4.74 Å². The van der Waals surface area contributed by atoms with Gasteiger partial charge in [0.1, 0.15) is 6.17 Å². The van der Waals surface area contributed by atoms with Crippen LogP contribution in [0.4, 0.5) is 4.39 Å². The maximum absolute atomic E-state index is 12.7. The molecule has 0 aliphatic rings. The van der Waals surface area contributed by atoms with Crippen molar-refractivity contribution in [1.29, 1.82) is 0 Å². The summed E-state index contributed by atoms with van der Waals surface area (Å²) < 4.78 is 17.9. The Morgan fingerprint density at radius 2 is 2.00 bits per heavy atom. The van der Waals surface area contributed by atoms with Crippen molar-refractivity contribution >= 4 is 0 Å². The second-order valence-electron chi connectivity index (χ2n) is 3.01. The topological polar surface area (TPSA) is 9.23 Å². The first-order chi connectivity index (χ1) is 6.33. The van der Waals surface area contributed by atoms with Crippen LogP contribution >= 0.6 is 0 Å². The van der Waals surface area contributed by atoms with Gasteiger partial charge in [0.25, 0.3) is 0 Å². The maximum Gasteiger partial charge on any atom is 0.123 e. The lowest BCUT2D eigenvalue weighted by Crippen LogP contribution is -2.08. The molecular weight excluding hydrogens is 167 g/mol. The fourth-order valence-corrected chi connectivity index (χ4v) is 0.997. The van der Waals surface area contributed by atoms with Crippen LogP contribution in [0.2, 0.25) is 0 Å². The summed E-state index contributed by atoms with van der Waals surface area (Å²) in [5.41, 5.74) is 1.09. The normalized spacial score (nSPS) is 12.8. The minimum Gasteiger partial charge on any atom is -0.374 e. The van der Waals surface area contributed by atoms with Gasteiger partial charge in [-0.2, -0.15) is 0 Å². The number of ether oxygens (including phenoxy) is 1. The average Bonchev–Trinajstić information content (AvgIpc) is 2.19. The van der Waals surface area contributed by atoms with Gasteiger partial charge in [0.2, 0.25) is 0 Å². The lowest BCUT2D eigenvalue weighted by atomic mass is 10.2. The zero-order chi connectivity index (χ0) is 9.52. The molecule has 0 saturated heterocycles. The Hall–Kier alpha value is -0.890. The molecule has 72 valence electrons. The van der Waals surface area contributed by atoms with Crippen LogP contribution in [-0.2, 0) is 11.3 Å². The molecular formula is C11H15FO. The molecule has 2 heteroatoms. The Morgan fingerprint density at radius 3 is 2.62 bits per heavy atom. The third-order valence-electron chi connectivity index (χ3n) is 1.85. The van der Waals surface area contributed by atoms with Crippen LogP contribution in [0.15, 0.2) is 30.3 Å². The number of hydrogen-bond acceptors (Lipinski definition) is 1. The molecule has 0 spiro atoms. The van der Waals surface area contributed by atoms with Crippen LogP contribution in [0, 0.1) is 0 Å². The Kier molecular flexibility index (Phi) is 4.47. The van der Waals surface area contributed by atoms with Gasteiger partial charge in [-0.1, -0.05) is 37.3 Å². The van der Waals surface area contributed by atoms with Gasteiger partial charge in [0.05, 0.1) is 13.2 Å². The Morgan fingerprint density at radius 1 is 1.31 bits per heavy atom. The van der Waals surface area contributed by atoms with E-state index in [0.29, 0.717) is 13.0 Å². The van der Waals surface area contributed by atoms with Crippen molar-refractivity contribution in [1.82, 2.24) is 0 Å². The summed E-state index contributed by atoms with van der Waals surface area (Å²) in [7, 11) is 0. The summed E-state index contributed by atoms with van der Waals surface area (Å²) in [6.07, 6.45) is -0.307. The van der Waals surface area contributed by atoms with E-state index in [-0.39, 0.29) is 6.61 Å². The lowest BCUT2D eigenvalue weighted by Gasteiger charge is -2.06. The second kappa shape index (κ2) is 5.70. The minimum atomic E-state index is -0.830. The van der Waals surface area contributed by atoms with Crippen molar-refractivity contribution < 1.29 is 9.13 Å². The number of halogens is 1. The van der Waals surface area contributed by atoms with Gasteiger partial charge in [-0.05, 0) is 12.0 Å². The molecule has 1 atom stereocenters. The predicted molar refractivity (Wildman–Crippen MR) is 51.3 cm³/mol. The molecule has 1 nitrogen and oxygen atoms in total. The highest BCUT2D eigenvalue weighted by atomic mass is 19.1. The fraction of sp³-hybridized carbons (Fsp3) is 0.455. The molecule has 0 aromatic heterocycles. The SMILES string of the molecule is CCC(F)COCc1ccccc1. The van der Waals surface area contributed by atoms with Gasteiger partial charge in [0, 0.05) is 0 Å². The van der Waals surface area contributed by atoms with Gasteiger partial charge in [-0.25, -0.2) is 4.39 Å². The number of rotatable bonds is 5. The third-order valence-corrected chi connectivity index (χ3v) is 1.85. The zero-order valence-electron chi connectivity index (χ0n) is 7.87. The third kappa shape index (κ3) is 4.04. The van der Waals surface area contributed by atoms with Crippen molar-refractivity contribution in [2.24, 2.45) is 0 Å². The molecule has 13 heavy (non-hydrogen) atoms. The quantitative estimate of drug-likeness (QED) is 0.680. The summed E-state index contributed by atoms with van der Waals surface area (Å²) in [6, 6.07) is 9.79. The van der Waals surface area contributed by atoms with Crippen LogP contribution in [0.3, 0.4) is 0 Å². The molecule has 1 rings (SSSR count). The summed E-state index contributed by atoms with van der Waals surface area (Å²) in [5, 5.41) is 0. The molecule has 0 radical (unpaired) electrons. The van der Waals surface area contributed by atoms with Crippen LogP contribution in [-0.4, -0.2) is 12.8 Å². The molecule has 0 heterocycles. The Labute approximate surface area is 78.5 Å². The van der Waals surface area contributed by atoms with Crippen LogP contribution in [0.25, 0.3) is 0 Å². The fourth-order valence-electron chi connectivity index (χ4n) is 0.997. The average molecular weight is 182 g/mol. The molecule has 0 amide bonds. The monoisotopic (exact) mass is 182 g/mol. The number of alkyl halides is 1. The molecule has 0 N–H and O–H groups in total. The summed E-state index contributed by atoms with van der Waals surface area (Å²) in [5.74, 6) is 0. The van der Waals surface area contributed by atoms with E-state index in [4.69, 9.17) is 4.74 Å². The highest BCUT2D eigenvalue weighted by Gasteiger charge is 2.02. The van der Waals surface area contributed by atoms with Crippen molar-refractivity contribution in [3.8, 4) is 0 Å². The van der Waals surface area contributed by atoms with Crippen LogP contribution in [0.5, 0.6) is 0 Å². The van der Waals surface area contributed by atoms with Crippen LogP contribution < -0.4 is 0 Å². The van der Waals surface area contributed by atoms with Gasteiger partial charge in [0.15, 0.2) is 0 Å². The predicted octanol–water partition coefficient (Wildman–Crippen LogP) is 2.95. The van der Waals surface area contributed by atoms with Crippen molar-refractivity contribution in [2.45, 2.75) is 26.1 Å². The molecule has 0 saturated carbocycles. The Balaban J connectivity index is 2.20. The molecule has 0 bridgehead atoms. The molecule has 0 aliphatic carbocycles. The first-order valence-corrected chi connectivity index (χ1v) is 4.58. The number of benzene rings is 1. The van der Waals surface area contributed by atoms with Crippen molar-refractivity contribution in [3.05, 3.63) is 35.9 Å². The minimum absolute atomic E-state index is 0.200. The molecule has 0 fully saturated rings. The first kappa shape index (κ1) is 10.2. The molecule has 1 unspecified atom stereocenters. The van der Waals surface area contributed by atoms with Crippen molar-refractivity contribution in [3.63, 3.8) is 0 Å². The molecule has 1 aromatic rings. The molecule has 0 aliphatic heterocycles. The van der Waals surface area contributed by atoms with Crippen molar-refractivity contribution in [2.75, 3.05) is 6.61 Å². The van der Waals surface area contributed by atoms with Gasteiger partial charge in [-0.15, -0.1) is 0 Å². The van der Waals surface area contributed by atoms with E-state index in [2.05, 4.69) is 0 Å². The second-order valence-corrected chi connectivity index (χ2v) is 3.01. The highest BCUT2D eigenvalue weighted by Crippen LogP contribution is 2.03. The summed E-state index contributed by atoms with van der Waals surface area (Å²) in [4.78, 5) is 0. The van der Waals surface area contributed by atoms with Gasteiger partial charge >= 0.3 is 0 Å². The van der Waals surface area contributed by atoms with E-state index in [1.165, 1.54) is 0 Å². The van der Waals surface area contributed by atoms with E-state index in [1.54, 1.807) is 0 Å². The smallest absolute Gasteiger partial charge is 0.123 e. The van der Waals surface area contributed by atoms with E-state index in [0.717, 1.165) is 5.56 Å². The summed E-state index contributed by atoms with van der Waals surface area (Å²) in [6.45, 7) is 2.52. The zero-order valence-corrected chi connectivity index (χ0v) is 7.87. The highest BCUT2D eigenvalue weighted by molar-refractivity contribution is 5.13. The first-order valence-electron chi connectivity index (χ1n) is 4.58. The Bertz CT molecular complexity index is 223. The van der Waals surface area contributed by atoms with E-state index in [1.807, 2.05) is 37.3 Å². The van der Waals surface area contributed by atoms with E-state index >= 15 is 0 Å². The number of hydrogen-bond donors (Lipinski definition) is 0. The van der Waals surface area contributed by atoms with Crippen LogP contribution in [0.1, 0.15) is 18.9 Å². The van der Waals surface area contributed by atoms with E-state index < -0.39 is 6.17 Å². The largest absolute Gasteiger partial charge is 0.374 e. The maximum atomic E-state index is 12.7. The van der Waals surface area contributed by atoms with Gasteiger partial charge in [-0.3, -0.25) is 0 Å². The van der Waals surface area contributed by atoms with E-state index in [9.17, 15) is 4.39 Å².